The van der Waals surface area contributed by atoms with E-state index in [0.29, 0.717) is 39.1 Å². The third kappa shape index (κ3) is 5.46. The van der Waals surface area contributed by atoms with Gasteiger partial charge in [0.15, 0.2) is 0 Å². The van der Waals surface area contributed by atoms with Crippen molar-refractivity contribution in [2.24, 2.45) is 12.5 Å². The van der Waals surface area contributed by atoms with Gasteiger partial charge in [-0.05, 0) is 36.8 Å². The van der Waals surface area contributed by atoms with Crippen molar-refractivity contribution in [3.63, 3.8) is 0 Å². The largest absolute Gasteiger partial charge is 0.483 e. The summed E-state index contributed by atoms with van der Waals surface area (Å²) in [6, 6.07) is 9.84. The van der Waals surface area contributed by atoms with Crippen LogP contribution in [0.15, 0.2) is 35.1 Å². The SMILES string of the molecule is COCCC[C@@]1(CO)CN(Cc2cc3ccccc3n(C)c2=O)CC[C@H]1O.O=CO. The first kappa shape index (κ1) is 24.0. The molecule has 30 heavy (non-hydrogen) atoms. The smallest absolute Gasteiger partial charge is 0.290 e. The highest BCUT2D eigenvalue weighted by Crippen LogP contribution is 2.35. The maximum Gasteiger partial charge on any atom is 0.290 e. The number of rotatable bonds is 7. The number of carbonyl (C=O) groups is 1. The minimum absolute atomic E-state index is 0.00815. The van der Waals surface area contributed by atoms with E-state index in [1.54, 1.807) is 18.7 Å². The average Bonchev–Trinajstić information content (AvgIpc) is 2.75. The highest BCUT2D eigenvalue weighted by atomic mass is 16.5. The summed E-state index contributed by atoms with van der Waals surface area (Å²) < 4.78 is 6.82. The number of pyridine rings is 1. The number of aryl methyl sites for hydroxylation is 1. The van der Waals surface area contributed by atoms with Crippen molar-refractivity contribution >= 4 is 17.4 Å². The van der Waals surface area contributed by atoms with Crippen LogP contribution in [0, 0.1) is 5.41 Å². The zero-order valence-corrected chi connectivity index (χ0v) is 17.7. The number of carboxylic acid groups (broad SMARTS) is 1. The number of likely N-dealkylation sites (tertiary alicyclic amines) is 1. The fourth-order valence-electron chi connectivity index (χ4n) is 4.27. The Balaban J connectivity index is 0.00000101. The van der Waals surface area contributed by atoms with Crippen LogP contribution in [-0.2, 0) is 23.1 Å². The lowest BCUT2D eigenvalue weighted by molar-refractivity contribution is -0.122. The van der Waals surface area contributed by atoms with E-state index in [2.05, 4.69) is 4.90 Å². The molecule has 1 aliphatic rings. The molecule has 8 nitrogen and oxygen atoms in total. The van der Waals surface area contributed by atoms with Gasteiger partial charge in [0.05, 0.1) is 18.2 Å². The molecule has 0 spiro atoms. The summed E-state index contributed by atoms with van der Waals surface area (Å²) in [7, 11) is 3.46. The van der Waals surface area contributed by atoms with Crippen LogP contribution in [0.5, 0.6) is 0 Å². The average molecular weight is 421 g/mol. The molecule has 0 saturated carbocycles. The van der Waals surface area contributed by atoms with E-state index in [-0.39, 0.29) is 18.6 Å². The topological polar surface area (TPSA) is 112 Å². The van der Waals surface area contributed by atoms with Crippen molar-refractivity contribution in [3.05, 3.63) is 46.2 Å². The molecule has 3 rings (SSSR count). The minimum Gasteiger partial charge on any atom is -0.483 e. The number of para-hydroxylation sites is 1. The molecule has 3 N–H and O–H groups in total. The summed E-state index contributed by atoms with van der Waals surface area (Å²) in [6.45, 7) is 2.10. The van der Waals surface area contributed by atoms with Gasteiger partial charge >= 0.3 is 0 Å². The van der Waals surface area contributed by atoms with Gasteiger partial charge in [-0.3, -0.25) is 14.5 Å². The molecule has 2 aromatic rings. The molecule has 0 amide bonds. The van der Waals surface area contributed by atoms with Gasteiger partial charge in [-0.25, -0.2) is 0 Å². The number of hydrogen-bond acceptors (Lipinski definition) is 6. The number of piperidine rings is 1. The number of aliphatic hydroxyl groups is 2. The lowest BCUT2D eigenvalue weighted by Gasteiger charge is -2.45. The Kier molecular flexibility index (Phi) is 8.98. The zero-order chi connectivity index (χ0) is 22.1. The van der Waals surface area contributed by atoms with Crippen LogP contribution in [0.3, 0.4) is 0 Å². The lowest BCUT2D eigenvalue weighted by Crippen LogP contribution is -2.53. The zero-order valence-electron chi connectivity index (χ0n) is 17.7. The predicted molar refractivity (Wildman–Crippen MR) is 114 cm³/mol. The molecular weight excluding hydrogens is 388 g/mol. The Morgan fingerprint density at radius 3 is 2.70 bits per heavy atom. The molecule has 0 unspecified atom stereocenters. The molecule has 2 atom stereocenters. The summed E-state index contributed by atoms with van der Waals surface area (Å²) in [4.78, 5) is 23.3. The maximum absolute atomic E-state index is 12.8. The fourth-order valence-corrected chi connectivity index (χ4v) is 4.27. The third-order valence-corrected chi connectivity index (χ3v) is 5.90. The van der Waals surface area contributed by atoms with E-state index >= 15 is 0 Å². The molecule has 1 aliphatic heterocycles. The van der Waals surface area contributed by atoms with Crippen molar-refractivity contribution in [2.45, 2.75) is 31.9 Å². The van der Waals surface area contributed by atoms with E-state index < -0.39 is 11.5 Å². The minimum atomic E-state index is -0.557. The second-order valence-electron chi connectivity index (χ2n) is 7.83. The molecule has 166 valence electrons. The van der Waals surface area contributed by atoms with Crippen LogP contribution in [0.2, 0.25) is 0 Å². The number of hydrogen-bond donors (Lipinski definition) is 3. The Morgan fingerprint density at radius 2 is 2.03 bits per heavy atom. The number of methoxy groups -OCH3 is 1. The fraction of sp³-hybridized carbons (Fsp3) is 0.545. The summed E-state index contributed by atoms with van der Waals surface area (Å²) in [5, 5.41) is 28.5. The quantitative estimate of drug-likeness (QED) is 0.456. The third-order valence-electron chi connectivity index (χ3n) is 5.90. The van der Waals surface area contributed by atoms with Crippen molar-refractivity contribution in [1.82, 2.24) is 9.47 Å². The Labute approximate surface area is 176 Å². The van der Waals surface area contributed by atoms with E-state index in [4.69, 9.17) is 14.6 Å². The first-order chi connectivity index (χ1) is 14.4. The normalized spacial score (nSPS) is 21.8. The molecule has 1 fully saturated rings. The summed E-state index contributed by atoms with van der Waals surface area (Å²) in [6.07, 6.45) is 1.56. The second-order valence-corrected chi connectivity index (χ2v) is 7.83. The standard InChI is InChI=1S/C21H30N2O4.CH2O2/c1-22-18-7-4-3-6-16(18)12-17(20(22)26)13-23-10-8-19(25)21(14-23,15-24)9-5-11-27-2;2-1-3/h3-4,6-7,12,19,24-25H,5,8-11,13-15H2,1-2H3;1H,(H,2,3)/t19-,21+;/m1./s1. The first-order valence-corrected chi connectivity index (χ1v) is 10.1. The molecular formula is C22H32N2O6. The highest BCUT2D eigenvalue weighted by Gasteiger charge is 2.41. The van der Waals surface area contributed by atoms with E-state index in [1.807, 2.05) is 30.3 Å². The number of ether oxygens (including phenoxy) is 1. The monoisotopic (exact) mass is 420 g/mol. The number of aromatic nitrogens is 1. The van der Waals surface area contributed by atoms with Crippen LogP contribution in [0.25, 0.3) is 10.9 Å². The number of nitrogens with zero attached hydrogens (tertiary/aromatic N) is 2. The van der Waals surface area contributed by atoms with E-state index in [9.17, 15) is 15.0 Å². The van der Waals surface area contributed by atoms with Gasteiger partial charge in [0.2, 0.25) is 0 Å². The molecule has 1 aromatic carbocycles. The summed E-state index contributed by atoms with van der Waals surface area (Å²) in [5.74, 6) is 0. The van der Waals surface area contributed by atoms with Crippen molar-refractivity contribution in [2.75, 3.05) is 33.4 Å². The summed E-state index contributed by atoms with van der Waals surface area (Å²) >= 11 is 0. The van der Waals surface area contributed by atoms with Crippen molar-refractivity contribution in [1.29, 1.82) is 0 Å². The highest BCUT2D eigenvalue weighted by molar-refractivity contribution is 5.79. The van der Waals surface area contributed by atoms with E-state index in [0.717, 1.165) is 22.9 Å². The molecule has 1 saturated heterocycles. The van der Waals surface area contributed by atoms with Crippen LogP contribution < -0.4 is 5.56 Å². The first-order valence-electron chi connectivity index (χ1n) is 10.1. The van der Waals surface area contributed by atoms with Gasteiger partial charge in [0.1, 0.15) is 0 Å². The maximum atomic E-state index is 12.8. The van der Waals surface area contributed by atoms with Gasteiger partial charge in [0.25, 0.3) is 12.0 Å². The van der Waals surface area contributed by atoms with Gasteiger partial charge in [-0.2, -0.15) is 0 Å². The van der Waals surface area contributed by atoms with Crippen LogP contribution in [0.4, 0.5) is 0 Å². The van der Waals surface area contributed by atoms with Crippen molar-refractivity contribution < 1.29 is 24.9 Å². The van der Waals surface area contributed by atoms with Crippen LogP contribution >= 0.6 is 0 Å². The molecule has 0 bridgehead atoms. The molecule has 0 radical (unpaired) electrons. The van der Waals surface area contributed by atoms with Gasteiger partial charge in [-0.15, -0.1) is 0 Å². The summed E-state index contributed by atoms with van der Waals surface area (Å²) in [5.41, 5.74) is 1.12. The van der Waals surface area contributed by atoms with Gasteiger partial charge in [-0.1, -0.05) is 18.2 Å². The number of aliphatic hydroxyl groups excluding tert-OH is 2. The van der Waals surface area contributed by atoms with E-state index in [1.165, 1.54) is 0 Å². The number of benzene rings is 1. The molecule has 0 aliphatic carbocycles. The second kappa shape index (κ2) is 11.2. The van der Waals surface area contributed by atoms with Crippen molar-refractivity contribution in [3.8, 4) is 0 Å². The molecule has 1 aromatic heterocycles. The predicted octanol–water partition coefficient (Wildman–Crippen LogP) is 1.21. The van der Waals surface area contributed by atoms with Crippen LogP contribution in [0.1, 0.15) is 24.8 Å². The Hall–Kier alpha value is -2.26. The lowest BCUT2D eigenvalue weighted by atomic mass is 9.74. The molecule has 8 heteroatoms. The van der Waals surface area contributed by atoms with Gasteiger partial charge in [0, 0.05) is 51.4 Å². The Bertz CT molecular complexity index is 884. The number of fused-ring (bicyclic) bond motifs is 1. The molecule has 2 heterocycles. The van der Waals surface area contributed by atoms with Crippen LogP contribution in [-0.4, -0.2) is 70.8 Å². The van der Waals surface area contributed by atoms with Gasteiger partial charge < -0.3 is 24.6 Å². The Morgan fingerprint density at radius 1 is 1.33 bits per heavy atom.